The minimum absolute atomic E-state index is 0.453. The van der Waals surface area contributed by atoms with E-state index in [-0.39, 0.29) is 0 Å². The van der Waals surface area contributed by atoms with Gasteiger partial charge in [-0.15, -0.1) is 0 Å². The van der Waals surface area contributed by atoms with Crippen LogP contribution < -0.4 is 11.2 Å². The van der Waals surface area contributed by atoms with E-state index in [1.54, 1.807) is 0 Å². The van der Waals surface area contributed by atoms with Crippen molar-refractivity contribution < 1.29 is 0 Å². The number of hydrogen-bond acceptors (Lipinski definition) is 2. The molecule has 0 spiro atoms. The van der Waals surface area contributed by atoms with Crippen molar-refractivity contribution in [3.8, 4) is 0 Å². The lowest BCUT2D eigenvalue weighted by atomic mass is 10.2. The highest BCUT2D eigenvalue weighted by atomic mass is 35.5. The molecule has 0 unspecified atom stereocenters. The molecule has 0 aliphatic rings. The van der Waals surface area contributed by atoms with Crippen LogP contribution in [0.1, 0.15) is 11.1 Å². The number of thiocarbonyl (C=S) groups is 1. The van der Waals surface area contributed by atoms with Crippen molar-refractivity contribution >= 4 is 34.6 Å². The molecule has 0 aliphatic heterocycles. The zero-order chi connectivity index (χ0) is 14.5. The molecule has 0 amide bonds. The van der Waals surface area contributed by atoms with Gasteiger partial charge in [0.1, 0.15) is 0 Å². The first-order chi connectivity index (χ1) is 9.56. The van der Waals surface area contributed by atoms with E-state index in [0.717, 1.165) is 16.8 Å². The molecule has 2 rings (SSSR count). The Balaban J connectivity index is 1.99. The van der Waals surface area contributed by atoms with E-state index in [2.05, 4.69) is 5.32 Å². The van der Waals surface area contributed by atoms with Gasteiger partial charge >= 0.3 is 0 Å². The maximum absolute atomic E-state index is 6.08. The minimum Gasteiger partial charge on any atom is -0.331 e. The number of nitrogens with two attached hydrogens (primary N) is 1. The third-order valence-electron chi connectivity index (χ3n) is 2.88. The number of nitrogens with one attached hydrogen (secondary N) is 1. The quantitative estimate of drug-likeness (QED) is 0.515. The van der Waals surface area contributed by atoms with Gasteiger partial charge in [-0.1, -0.05) is 48.0 Å². The zero-order valence-electron chi connectivity index (χ0n) is 11.1. The van der Waals surface area contributed by atoms with Crippen LogP contribution in [0.5, 0.6) is 0 Å². The van der Waals surface area contributed by atoms with Gasteiger partial charge < -0.3 is 5.32 Å². The number of rotatable bonds is 3. The molecule has 0 saturated heterocycles. The second-order valence-electron chi connectivity index (χ2n) is 4.51. The van der Waals surface area contributed by atoms with Crippen LogP contribution in [-0.4, -0.2) is 10.1 Å². The fourth-order valence-corrected chi connectivity index (χ4v) is 2.08. The van der Waals surface area contributed by atoms with Crippen molar-refractivity contribution in [1.29, 1.82) is 0 Å². The van der Waals surface area contributed by atoms with Crippen LogP contribution in [0.2, 0.25) is 5.02 Å². The number of halogens is 1. The standard InChI is InChI=1S/C15H16ClN3S/c1-11-7-8-13(9-14(11)16)18-15(20)19(17)10-12-5-3-2-4-6-12/h2-9H,10,17H2,1H3,(H,18,20). The zero-order valence-corrected chi connectivity index (χ0v) is 12.7. The maximum atomic E-state index is 6.08. The second-order valence-corrected chi connectivity index (χ2v) is 5.30. The first-order valence-electron chi connectivity index (χ1n) is 6.19. The Morgan fingerprint density at radius 1 is 1.25 bits per heavy atom. The summed E-state index contributed by atoms with van der Waals surface area (Å²) in [6.07, 6.45) is 0. The summed E-state index contributed by atoms with van der Waals surface area (Å²) in [5.41, 5.74) is 2.95. The summed E-state index contributed by atoms with van der Waals surface area (Å²) < 4.78 is 0. The first-order valence-corrected chi connectivity index (χ1v) is 6.98. The molecular weight excluding hydrogens is 290 g/mol. The number of hydrazine groups is 1. The average Bonchev–Trinajstić information content (AvgIpc) is 2.44. The lowest BCUT2D eigenvalue weighted by Gasteiger charge is -2.20. The molecule has 20 heavy (non-hydrogen) atoms. The van der Waals surface area contributed by atoms with Crippen LogP contribution in [0, 0.1) is 6.92 Å². The number of hydrogen-bond donors (Lipinski definition) is 2. The van der Waals surface area contributed by atoms with Gasteiger partial charge in [-0.05, 0) is 42.4 Å². The van der Waals surface area contributed by atoms with E-state index in [4.69, 9.17) is 29.7 Å². The predicted octanol–water partition coefficient (Wildman–Crippen LogP) is 3.72. The van der Waals surface area contributed by atoms with Crippen molar-refractivity contribution in [3.63, 3.8) is 0 Å². The van der Waals surface area contributed by atoms with Crippen LogP contribution in [0.3, 0.4) is 0 Å². The summed E-state index contributed by atoms with van der Waals surface area (Å²) in [7, 11) is 0. The van der Waals surface area contributed by atoms with E-state index in [9.17, 15) is 0 Å². The van der Waals surface area contributed by atoms with Crippen molar-refractivity contribution in [1.82, 2.24) is 5.01 Å². The molecule has 0 radical (unpaired) electrons. The number of benzene rings is 2. The van der Waals surface area contributed by atoms with Gasteiger partial charge in [-0.3, -0.25) is 5.01 Å². The fourth-order valence-electron chi connectivity index (χ4n) is 1.72. The number of anilines is 1. The third-order valence-corrected chi connectivity index (χ3v) is 3.62. The molecule has 0 heterocycles. The Morgan fingerprint density at radius 2 is 1.95 bits per heavy atom. The summed E-state index contributed by atoms with van der Waals surface area (Å²) in [5, 5.41) is 5.73. The predicted molar refractivity (Wildman–Crippen MR) is 88.6 cm³/mol. The lowest BCUT2D eigenvalue weighted by Crippen LogP contribution is -2.39. The molecule has 0 bridgehead atoms. The number of aryl methyl sites for hydroxylation is 1. The van der Waals surface area contributed by atoms with Crippen molar-refractivity contribution in [3.05, 3.63) is 64.7 Å². The third kappa shape index (κ3) is 3.93. The van der Waals surface area contributed by atoms with Crippen molar-refractivity contribution in [2.45, 2.75) is 13.5 Å². The van der Waals surface area contributed by atoms with Gasteiger partial charge in [-0.25, -0.2) is 5.84 Å². The van der Waals surface area contributed by atoms with E-state index >= 15 is 0 Å². The highest BCUT2D eigenvalue weighted by Crippen LogP contribution is 2.20. The smallest absolute Gasteiger partial charge is 0.188 e. The molecule has 5 heteroatoms. The Hall–Kier alpha value is -1.62. The summed E-state index contributed by atoms with van der Waals surface area (Å²) in [4.78, 5) is 0. The molecule has 3 nitrogen and oxygen atoms in total. The highest BCUT2D eigenvalue weighted by molar-refractivity contribution is 7.80. The lowest BCUT2D eigenvalue weighted by molar-refractivity contribution is 0.441. The second kappa shape index (κ2) is 6.70. The van der Waals surface area contributed by atoms with Gasteiger partial charge in [0.2, 0.25) is 0 Å². The molecule has 2 aromatic carbocycles. The normalized spacial score (nSPS) is 10.2. The fraction of sp³-hybridized carbons (Fsp3) is 0.133. The molecule has 0 atom stereocenters. The van der Waals surface area contributed by atoms with Gasteiger partial charge in [0.25, 0.3) is 0 Å². The first kappa shape index (κ1) is 14.8. The van der Waals surface area contributed by atoms with Crippen LogP contribution in [-0.2, 0) is 6.54 Å². The van der Waals surface area contributed by atoms with E-state index in [0.29, 0.717) is 16.7 Å². The van der Waals surface area contributed by atoms with Crippen LogP contribution in [0.4, 0.5) is 5.69 Å². The molecule has 0 aliphatic carbocycles. The Kier molecular flexibility index (Phi) is 4.95. The molecule has 3 N–H and O–H groups in total. The van der Waals surface area contributed by atoms with E-state index < -0.39 is 0 Å². The van der Waals surface area contributed by atoms with Crippen LogP contribution in [0.25, 0.3) is 0 Å². The largest absolute Gasteiger partial charge is 0.331 e. The highest BCUT2D eigenvalue weighted by Gasteiger charge is 2.07. The van der Waals surface area contributed by atoms with Gasteiger partial charge in [0, 0.05) is 10.7 Å². The number of nitrogens with zero attached hydrogens (tertiary/aromatic N) is 1. The SMILES string of the molecule is Cc1ccc(NC(=S)N(N)Cc2ccccc2)cc1Cl. The van der Waals surface area contributed by atoms with Gasteiger partial charge in [0.15, 0.2) is 5.11 Å². The average molecular weight is 306 g/mol. The topological polar surface area (TPSA) is 41.3 Å². The Bertz CT molecular complexity index is 601. The molecule has 0 fully saturated rings. The molecule has 104 valence electrons. The molecule has 2 aromatic rings. The summed E-state index contributed by atoms with van der Waals surface area (Å²) in [6, 6.07) is 15.6. The van der Waals surface area contributed by atoms with Crippen molar-refractivity contribution in [2.75, 3.05) is 5.32 Å². The molecule has 0 aromatic heterocycles. The monoisotopic (exact) mass is 305 g/mol. The summed E-state index contributed by atoms with van der Waals surface area (Å²) in [5.74, 6) is 5.96. The van der Waals surface area contributed by atoms with E-state index in [1.807, 2.05) is 55.5 Å². The van der Waals surface area contributed by atoms with Crippen LogP contribution in [0.15, 0.2) is 48.5 Å². The van der Waals surface area contributed by atoms with E-state index in [1.165, 1.54) is 5.01 Å². The molecule has 0 saturated carbocycles. The summed E-state index contributed by atoms with van der Waals surface area (Å²) in [6.45, 7) is 2.50. The van der Waals surface area contributed by atoms with Gasteiger partial charge in [-0.2, -0.15) is 0 Å². The van der Waals surface area contributed by atoms with Gasteiger partial charge in [0.05, 0.1) is 6.54 Å². The molecular formula is C15H16ClN3S. The van der Waals surface area contributed by atoms with Crippen LogP contribution >= 0.6 is 23.8 Å². The summed E-state index contributed by atoms with van der Waals surface area (Å²) >= 11 is 11.4. The Labute approximate surface area is 129 Å². The maximum Gasteiger partial charge on any atom is 0.188 e. The minimum atomic E-state index is 0.453. The van der Waals surface area contributed by atoms with Crippen molar-refractivity contribution in [2.24, 2.45) is 5.84 Å². The Morgan fingerprint density at radius 3 is 2.60 bits per heavy atom.